The Morgan fingerprint density at radius 3 is 2.77 bits per heavy atom. The number of ether oxygens (including phenoxy) is 2. The van der Waals surface area contributed by atoms with Crippen LogP contribution >= 0.6 is 0 Å². The van der Waals surface area contributed by atoms with E-state index in [0.717, 1.165) is 35.2 Å². The molecule has 0 N–H and O–H groups in total. The zero-order chi connectivity index (χ0) is 20.7. The van der Waals surface area contributed by atoms with Gasteiger partial charge in [-0.2, -0.15) is 5.10 Å². The van der Waals surface area contributed by atoms with Crippen LogP contribution in [0.1, 0.15) is 37.8 Å². The first-order valence-corrected chi connectivity index (χ1v) is 10.2. The molecule has 1 aliphatic carbocycles. The molecule has 3 heterocycles. The fourth-order valence-electron chi connectivity index (χ4n) is 3.98. The van der Waals surface area contributed by atoms with Gasteiger partial charge in [0.15, 0.2) is 0 Å². The number of rotatable bonds is 4. The summed E-state index contributed by atoms with van der Waals surface area (Å²) in [4.78, 5) is 22.6. The van der Waals surface area contributed by atoms with Gasteiger partial charge in [0.1, 0.15) is 5.75 Å². The van der Waals surface area contributed by atoms with Gasteiger partial charge in [-0.05, 0) is 44.7 Å². The van der Waals surface area contributed by atoms with Crippen LogP contribution in [0.4, 0.5) is 10.5 Å². The van der Waals surface area contributed by atoms with Crippen LogP contribution in [0.15, 0.2) is 43.1 Å². The van der Waals surface area contributed by atoms with Crippen molar-refractivity contribution in [2.24, 2.45) is 0 Å². The Morgan fingerprint density at radius 2 is 2.03 bits per heavy atom. The van der Waals surface area contributed by atoms with E-state index in [0.29, 0.717) is 17.7 Å². The van der Waals surface area contributed by atoms with E-state index in [1.807, 2.05) is 29.9 Å². The highest BCUT2D eigenvalue weighted by atomic mass is 16.5. The quantitative estimate of drug-likeness (QED) is 0.641. The van der Waals surface area contributed by atoms with Crippen LogP contribution in [0.25, 0.3) is 11.1 Å². The van der Waals surface area contributed by atoms with Gasteiger partial charge < -0.3 is 9.47 Å². The Balaban J connectivity index is 1.64. The second-order valence-corrected chi connectivity index (χ2v) is 7.75. The molecule has 0 unspecified atom stereocenters. The lowest BCUT2D eigenvalue weighted by molar-refractivity contribution is 0.175. The standard InChI is InChI=1S/C22H23N5O3/c1-14-3-6-18-19(27(14)22(28)29-2)8-7-17(15-11-25-26(13-15)16-4-5-16)21(18)30-20-12-23-9-10-24-20/h7-14,16H,3-6H2,1-2H3/t14-/m0/s1. The number of carbonyl (C=O) groups excluding carboxylic acids is 1. The van der Waals surface area contributed by atoms with Crippen LogP contribution in [0.2, 0.25) is 0 Å². The number of anilines is 1. The minimum atomic E-state index is -0.372. The van der Waals surface area contributed by atoms with Crippen molar-refractivity contribution in [1.29, 1.82) is 0 Å². The molecule has 0 spiro atoms. The third kappa shape index (κ3) is 3.28. The molecule has 0 saturated heterocycles. The second-order valence-electron chi connectivity index (χ2n) is 7.75. The van der Waals surface area contributed by atoms with Gasteiger partial charge in [0.2, 0.25) is 5.88 Å². The molecule has 1 saturated carbocycles. The summed E-state index contributed by atoms with van der Waals surface area (Å²) in [5.41, 5.74) is 3.66. The van der Waals surface area contributed by atoms with Gasteiger partial charge in [-0.3, -0.25) is 14.6 Å². The van der Waals surface area contributed by atoms with Crippen LogP contribution in [-0.4, -0.2) is 39.0 Å². The summed E-state index contributed by atoms with van der Waals surface area (Å²) >= 11 is 0. The fraction of sp³-hybridized carbons (Fsp3) is 0.364. The van der Waals surface area contributed by atoms with Gasteiger partial charge in [-0.15, -0.1) is 0 Å². The van der Waals surface area contributed by atoms with Crippen molar-refractivity contribution in [3.05, 3.63) is 48.7 Å². The minimum absolute atomic E-state index is 0.0396. The molecular formula is C22H23N5O3. The molecule has 8 nitrogen and oxygen atoms in total. The first-order chi connectivity index (χ1) is 14.7. The van der Waals surface area contributed by atoms with Gasteiger partial charge in [-0.1, -0.05) is 0 Å². The van der Waals surface area contributed by atoms with Crippen LogP contribution in [0.5, 0.6) is 11.6 Å². The second kappa shape index (κ2) is 7.44. The first kappa shape index (κ1) is 18.6. The number of hydrogen-bond acceptors (Lipinski definition) is 6. The lowest BCUT2D eigenvalue weighted by Crippen LogP contribution is -2.42. The Morgan fingerprint density at radius 1 is 1.17 bits per heavy atom. The predicted octanol–water partition coefficient (Wildman–Crippen LogP) is 4.37. The van der Waals surface area contributed by atoms with E-state index in [1.54, 1.807) is 23.5 Å². The molecule has 0 radical (unpaired) electrons. The van der Waals surface area contributed by atoms with E-state index in [-0.39, 0.29) is 12.1 Å². The largest absolute Gasteiger partial charge is 0.452 e. The van der Waals surface area contributed by atoms with E-state index in [4.69, 9.17) is 9.47 Å². The monoisotopic (exact) mass is 405 g/mol. The molecule has 2 aliphatic rings. The number of hydrogen-bond donors (Lipinski definition) is 0. The number of amides is 1. The highest BCUT2D eigenvalue weighted by Crippen LogP contribution is 2.45. The normalized spacial score (nSPS) is 18.1. The van der Waals surface area contributed by atoms with Crippen molar-refractivity contribution in [3.8, 4) is 22.8 Å². The van der Waals surface area contributed by atoms with Crippen LogP contribution in [0.3, 0.4) is 0 Å². The summed E-state index contributed by atoms with van der Waals surface area (Å²) < 4.78 is 13.3. The summed E-state index contributed by atoms with van der Waals surface area (Å²) in [5, 5.41) is 4.53. The summed E-state index contributed by atoms with van der Waals surface area (Å²) in [6.45, 7) is 2.02. The zero-order valence-corrected chi connectivity index (χ0v) is 17.0. The van der Waals surface area contributed by atoms with E-state index < -0.39 is 0 Å². The lowest BCUT2D eigenvalue weighted by atomic mass is 9.92. The third-order valence-corrected chi connectivity index (χ3v) is 5.70. The van der Waals surface area contributed by atoms with Crippen LogP contribution in [-0.2, 0) is 11.2 Å². The molecule has 1 aromatic carbocycles. The number of carbonyl (C=O) groups is 1. The summed E-state index contributed by atoms with van der Waals surface area (Å²) in [6.07, 6.45) is 12.3. The smallest absolute Gasteiger partial charge is 0.414 e. The number of benzene rings is 1. The van der Waals surface area contributed by atoms with Crippen molar-refractivity contribution >= 4 is 11.8 Å². The molecule has 30 heavy (non-hydrogen) atoms. The van der Waals surface area contributed by atoms with Crippen LogP contribution < -0.4 is 9.64 Å². The molecule has 2 aromatic heterocycles. The maximum atomic E-state index is 12.5. The van der Waals surface area contributed by atoms with Gasteiger partial charge in [0, 0.05) is 41.3 Å². The maximum Gasteiger partial charge on any atom is 0.414 e. The zero-order valence-electron chi connectivity index (χ0n) is 17.0. The number of aromatic nitrogens is 4. The maximum absolute atomic E-state index is 12.5. The Labute approximate surface area is 174 Å². The fourth-order valence-corrected chi connectivity index (χ4v) is 3.98. The molecule has 1 aliphatic heterocycles. The predicted molar refractivity (Wildman–Crippen MR) is 111 cm³/mol. The van der Waals surface area contributed by atoms with Crippen LogP contribution in [0, 0.1) is 0 Å². The van der Waals surface area contributed by atoms with Crippen molar-refractivity contribution < 1.29 is 14.3 Å². The van der Waals surface area contributed by atoms with Gasteiger partial charge in [0.05, 0.1) is 31.2 Å². The number of nitrogens with zero attached hydrogens (tertiary/aromatic N) is 5. The van der Waals surface area contributed by atoms with Gasteiger partial charge in [0.25, 0.3) is 0 Å². The third-order valence-electron chi connectivity index (χ3n) is 5.70. The topological polar surface area (TPSA) is 82.4 Å². The summed E-state index contributed by atoms with van der Waals surface area (Å²) in [7, 11) is 1.40. The Bertz CT molecular complexity index is 1080. The number of methoxy groups -OCH3 is 1. The van der Waals surface area contributed by atoms with Gasteiger partial charge >= 0.3 is 6.09 Å². The minimum Gasteiger partial charge on any atom is -0.452 e. The average molecular weight is 405 g/mol. The molecule has 1 atom stereocenters. The van der Waals surface area contributed by atoms with E-state index in [9.17, 15) is 4.79 Å². The molecule has 3 aromatic rings. The molecule has 1 fully saturated rings. The van der Waals surface area contributed by atoms with E-state index in [1.165, 1.54) is 20.0 Å². The molecule has 0 bridgehead atoms. The number of fused-ring (bicyclic) bond motifs is 1. The SMILES string of the molecule is COC(=O)N1c2ccc(-c3cnn(C4CC4)c3)c(Oc3cnccn3)c2CC[C@@H]1C. The van der Waals surface area contributed by atoms with Gasteiger partial charge in [-0.25, -0.2) is 9.78 Å². The van der Waals surface area contributed by atoms with Crippen molar-refractivity contribution in [1.82, 2.24) is 19.7 Å². The molecular weight excluding hydrogens is 382 g/mol. The first-order valence-electron chi connectivity index (χ1n) is 10.2. The molecule has 8 heteroatoms. The van der Waals surface area contributed by atoms with E-state index >= 15 is 0 Å². The summed E-state index contributed by atoms with van der Waals surface area (Å²) in [5.74, 6) is 1.09. The molecule has 5 rings (SSSR count). The molecule has 1 amide bonds. The highest BCUT2D eigenvalue weighted by Gasteiger charge is 2.33. The lowest BCUT2D eigenvalue weighted by Gasteiger charge is -2.35. The Hall–Kier alpha value is -3.42. The van der Waals surface area contributed by atoms with Crippen molar-refractivity contribution in [2.75, 3.05) is 12.0 Å². The highest BCUT2D eigenvalue weighted by molar-refractivity contribution is 5.92. The summed E-state index contributed by atoms with van der Waals surface area (Å²) in [6, 6.07) is 4.48. The Kier molecular flexibility index (Phi) is 4.61. The van der Waals surface area contributed by atoms with E-state index in [2.05, 4.69) is 21.3 Å². The molecule has 154 valence electrons. The van der Waals surface area contributed by atoms with Crippen molar-refractivity contribution in [2.45, 2.75) is 44.7 Å². The van der Waals surface area contributed by atoms with Crippen molar-refractivity contribution in [3.63, 3.8) is 0 Å². The average Bonchev–Trinajstić information content (AvgIpc) is 3.51.